The van der Waals surface area contributed by atoms with E-state index in [0.717, 1.165) is 16.9 Å². The zero-order chi connectivity index (χ0) is 20.3. The molecule has 3 rings (SSSR count). The molecule has 2 aromatic rings. The summed E-state index contributed by atoms with van der Waals surface area (Å²) < 4.78 is 5.96. The summed E-state index contributed by atoms with van der Waals surface area (Å²) in [7, 11) is 0. The molecule has 0 aliphatic carbocycles. The molecular weight excluding hydrogens is 352 g/mol. The highest BCUT2D eigenvalue weighted by Crippen LogP contribution is 2.22. The lowest BCUT2D eigenvalue weighted by Crippen LogP contribution is -2.57. The lowest BCUT2D eigenvalue weighted by atomic mass is 10.1. The van der Waals surface area contributed by atoms with Crippen molar-refractivity contribution >= 4 is 11.8 Å². The molecule has 1 heterocycles. The number of carbonyl (C=O) groups is 2. The van der Waals surface area contributed by atoms with Crippen molar-refractivity contribution in [3.8, 4) is 5.75 Å². The third-order valence-electron chi connectivity index (χ3n) is 5.21. The van der Waals surface area contributed by atoms with E-state index in [2.05, 4.69) is 0 Å². The Morgan fingerprint density at radius 2 is 1.79 bits per heavy atom. The molecule has 148 valence electrons. The fourth-order valence-electron chi connectivity index (χ4n) is 3.54. The smallest absolute Gasteiger partial charge is 0.263 e. The fourth-order valence-corrected chi connectivity index (χ4v) is 3.54. The first-order valence-corrected chi connectivity index (χ1v) is 9.75. The predicted molar refractivity (Wildman–Crippen MR) is 110 cm³/mol. The fraction of sp³-hybridized carbons (Fsp3) is 0.391. The summed E-state index contributed by atoms with van der Waals surface area (Å²) in [5.74, 6) is 0.714. The van der Waals surface area contributed by atoms with Gasteiger partial charge in [0.1, 0.15) is 5.75 Å². The van der Waals surface area contributed by atoms with Gasteiger partial charge in [-0.3, -0.25) is 9.59 Å². The number of piperazine rings is 1. The van der Waals surface area contributed by atoms with E-state index in [1.54, 1.807) is 6.92 Å². The minimum absolute atomic E-state index is 0.0132. The van der Waals surface area contributed by atoms with Crippen LogP contribution >= 0.6 is 0 Å². The number of ether oxygens (including phenoxy) is 1. The molecule has 1 fully saturated rings. The molecule has 5 nitrogen and oxygen atoms in total. The molecule has 1 unspecified atom stereocenters. The molecule has 28 heavy (non-hydrogen) atoms. The van der Waals surface area contributed by atoms with Crippen molar-refractivity contribution < 1.29 is 14.3 Å². The van der Waals surface area contributed by atoms with Crippen LogP contribution in [0.2, 0.25) is 0 Å². The van der Waals surface area contributed by atoms with Gasteiger partial charge in [-0.05, 0) is 57.0 Å². The molecule has 2 amide bonds. The topological polar surface area (TPSA) is 49.9 Å². The third-order valence-corrected chi connectivity index (χ3v) is 5.21. The van der Waals surface area contributed by atoms with Gasteiger partial charge in [-0.25, -0.2) is 0 Å². The monoisotopic (exact) mass is 380 g/mol. The van der Waals surface area contributed by atoms with Crippen LogP contribution in [0.5, 0.6) is 5.75 Å². The summed E-state index contributed by atoms with van der Waals surface area (Å²) in [4.78, 5) is 29.3. The highest BCUT2D eigenvalue weighted by Gasteiger charge is 2.33. The van der Waals surface area contributed by atoms with Gasteiger partial charge < -0.3 is 14.5 Å². The minimum Gasteiger partial charge on any atom is -0.481 e. The number of rotatable bonds is 4. The minimum atomic E-state index is -0.570. The number of hydrogen-bond donors (Lipinski definition) is 0. The zero-order valence-corrected chi connectivity index (χ0v) is 17.0. The molecule has 0 radical (unpaired) electrons. The largest absolute Gasteiger partial charge is 0.481 e. The molecule has 5 heteroatoms. The van der Waals surface area contributed by atoms with Crippen LogP contribution in [-0.4, -0.2) is 53.4 Å². The van der Waals surface area contributed by atoms with E-state index in [0.29, 0.717) is 25.2 Å². The summed E-state index contributed by atoms with van der Waals surface area (Å²) in [6.07, 6.45) is -0.570. The van der Waals surface area contributed by atoms with Crippen LogP contribution in [0.15, 0.2) is 48.5 Å². The number of nitrogens with zero attached hydrogens (tertiary/aromatic N) is 2. The Labute approximate surface area is 166 Å². The van der Waals surface area contributed by atoms with Gasteiger partial charge in [-0.15, -0.1) is 0 Å². The van der Waals surface area contributed by atoms with E-state index in [1.807, 2.05) is 79.1 Å². The number of hydrogen-bond acceptors (Lipinski definition) is 3. The normalized spacial score (nSPS) is 17.9. The molecule has 1 saturated heterocycles. The van der Waals surface area contributed by atoms with Crippen molar-refractivity contribution in [2.45, 2.75) is 39.8 Å². The Balaban J connectivity index is 1.62. The van der Waals surface area contributed by atoms with E-state index >= 15 is 0 Å². The maximum absolute atomic E-state index is 13.0. The Morgan fingerprint density at radius 1 is 1.07 bits per heavy atom. The summed E-state index contributed by atoms with van der Waals surface area (Å²) in [6.45, 7) is 9.31. The zero-order valence-electron chi connectivity index (χ0n) is 17.0. The first-order valence-electron chi connectivity index (χ1n) is 9.75. The van der Waals surface area contributed by atoms with Crippen LogP contribution in [0.1, 0.15) is 35.3 Å². The second-order valence-corrected chi connectivity index (χ2v) is 7.53. The highest BCUT2D eigenvalue weighted by molar-refractivity contribution is 5.94. The third kappa shape index (κ3) is 4.35. The summed E-state index contributed by atoms with van der Waals surface area (Å²) in [5.41, 5.74) is 2.79. The van der Waals surface area contributed by atoms with Crippen molar-refractivity contribution in [3.63, 3.8) is 0 Å². The second kappa shape index (κ2) is 8.46. The Kier molecular flexibility index (Phi) is 6.02. The van der Waals surface area contributed by atoms with Gasteiger partial charge in [0, 0.05) is 31.2 Å². The SMILES string of the molecule is Cc1ccc(C)c(OC(C)C(=O)N2CCN(C(=O)c3ccccc3)C[C@H]2C)c1. The predicted octanol–water partition coefficient (Wildman–Crippen LogP) is 3.44. The molecule has 0 saturated carbocycles. The molecule has 2 aromatic carbocycles. The average Bonchev–Trinajstić information content (AvgIpc) is 2.70. The van der Waals surface area contributed by atoms with E-state index in [1.165, 1.54) is 0 Å². The van der Waals surface area contributed by atoms with E-state index in [4.69, 9.17) is 4.74 Å². The van der Waals surface area contributed by atoms with Crippen LogP contribution in [-0.2, 0) is 4.79 Å². The van der Waals surface area contributed by atoms with Crippen LogP contribution in [0.25, 0.3) is 0 Å². The van der Waals surface area contributed by atoms with E-state index in [9.17, 15) is 9.59 Å². The van der Waals surface area contributed by atoms with E-state index < -0.39 is 6.10 Å². The number of carbonyl (C=O) groups excluding carboxylic acids is 2. The quantitative estimate of drug-likeness (QED) is 0.816. The van der Waals surface area contributed by atoms with Crippen molar-refractivity contribution in [2.75, 3.05) is 19.6 Å². The van der Waals surface area contributed by atoms with Gasteiger partial charge in [0.05, 0.1) is 0 Å². The molecule has 0 bridgehead atoms. The van der Waals surface area contributed by atoms with Crippen molar-refractivity contribution in [2.24, 2.45) is 0 Å². The summed E-state index contributed by atoms with van der Waals surface area (Å²) in [5, 5.41) is 0. The van der Waals surface area contributed by atoms with Crippen LogP contribution in [0.3, 0.4) is 0 Å². The summed E-state index contributed by atoms with van der Waals surface area (Å²) in [6, 6.07) is 15.2. The van der Waals surface area contributed by atoms with Crippen molar-refractivity contribution in [1.29, 1.82) is 0 Å². The van der Waals surface area contributed by atoms with Gasteiger partial charge in [0.25, 0.3) is 11.8 Å². The lowest BCUT2D eigenvalue weighted by molar-refractivity contribution is -0.142. The molecule has 0 aromatic heterocycles. The van der Waals surface area contributed by atoms with Gasteiger partial charge in [-0.1, -0.05) is 30.3 Å². The maximum Gasteiger partial charge on any atom is 0.263 e. The average molecular weight is 380 g/mol. The van der Waals surface area contributed by atoms with Crippen molar-refractivity contribution in [1.82, 2.24) is 9.80 Å². The van der Waals surface area contributed by atoms with Gasteiger partial charge >= 0.3 is 0 Å². The first-order chi connectivity index (χ1) is 13.4. The van der Waals surface area contributed by atoms with Crippen LogP contribution in [0, 0.1) is 13.8 Å². The van der Waals surface area contributed by atoms with Crippen LogP contribution < -0.4 is 4.74 Å². The Bertz CT molecular complexity index is 850. The number of amides is 2. The molecule has 2 atom stereocenters. The molecule has 1 aliphatic heterocycles. The van der Waals surface area contributed by atoms with Gasteiger partial charge in [-0.2, -0.15) is 0 Å². The molecule has 0 spiro atoms. The lowest BCUT2D eigenvalue weighted by Gasteiger charge is -2.40. The highest BCUT2D eigenvalue weighted by atomic mass is 16.5. The molecule has 1 aliphatic rings. The maximum atomic E-state index is 13.0. The molecular formula is C23H28N2O3. The second-order valence-electron chi connectivity index (χ2n) is 7.53. The van der Waals surface area contributed by atoms with Gasteiger partial charge in [0.15, 0.2) is 6.10 Å². The first kappa shape index (κ1) is 19.9. The van der Waals surface area contributed by atoms with Crippen LogP contribution in [0.4, 0.5) is 0 Å². The molecule has 0 N–H and O–H groups in total. The summed E-state index contributed by atoms with van der Waals surface area (Å²) >= 11 is 0. The standard InChI is InChI=1S/C23H28N2O3/c1-16-10-11-17(2)21(14-16)28-19(4)22(26)25-13-12-24(15-18(25)3)23(27)20-8-6-5-7-9-20/h5-11,14,18-19H,12-13,15H2,1-4H3/t18-,19?/m1/s1. The Hall–Kier alpha value is -2.82. The number of aryl methyl sites for hydroxylation is 2. The number of benzene rings is 2. The van der Waals surface area contributed by atoms with E-state index in [-0.39, 0.29) is 17.9 Å². The van der Waals surface area contributed by atoms with Crippen molar-refractivity contribution in [3.05, 3.63) is 65.2 Å². The van der Waals surface area contributed by atoms with Gasteiger partial charge in [0.2, 0.25) is 0 Å². The Morgan fingerprint density at radius 3 is 2.46 bits per heavy atom.